The van der Waals surface area contributed by atoms with Crippen LogP contribution in [-0.4, -0.2) is 9.97 Å². The van der Waals surface area contributed by atoms with Gasteiger partial charge in [0.1, 0.15) is 16.5 Å². The van der Waals surface area contributed by atoms with E-state index in [-0.39, 0.29) is 4.99 Å². The van der Waals surface area contributed by atoms with E-state index in [0.29, 0.717) is 22.1 Å². The Balaban J connectivity index is 2.40. The van der Waals surface area contributed by atoms with Crippen molar-refractivity contribution >= 4 is 28.8 Å². The van der Waals surface area contributed by atoms with Gasteiger partial charge in [-0.05, 0) is 24.3 Å². The number of hydrogen-bond donors (Lipinski definition) is 1. The van der Waals surface area contributed by atoms with E-state index in [4.69, 9.17) is 34.3 Å². The van der Waals surface area contributed by atoms with Gasteiger partial charge in [0.25, 0.3) is 0 Å². The molecule has 0 unspecified atom stereocenters. The van der Waals surface area contributed by atoms with Crippen LogP contribution in [0.3, 0.4) is 0 Å². The first kappa shape index (κ1) is 11.8. The molecule has 0 radical (unpaired) electrons. The van der Waals surface area contributed by atoms with Gasteiger partial charge in [0.05, 0.1) is 16.8 Å². The summed E-state index contributed by atoms with van der Waals surface area (Å²) in [4.78, 5) is 4.16. The molecule has 2 N–H and O–H groups in total. The molecule has 0 atom stereocenters. The first-order valence-corrected chi connectivity index (χ1v) is 5.63. The quantitative estimate of drug-likeness (QED) is 0.865. The molecule has 0 aliphatic heterocycles. The van der Waals surface area contributed by atoms with Crippen molar-refractivity contribution in [2.75, 3.05) is 0 Å². The van der Waals surface area contributed by atoms with Gasteiger partial charge in [0.2, 0.25) is 0 Å². The molecule has 1 aromatic heterocycles. The van der Waals surface area contributed by atoms with Crippen LogP contribution in [0.15, 0.2) is 42.7 Å². The molecule has 0 amide bonds. The van der Waals surface area contributed by atoms with E-state index >= 15 is 0 Å². The molecule has 2 rings (SSSR count). The zero-order valence-electron chi connectivity index (χ0n) is 8.76. The standard InChI is InChI=1S/C12H9ClN2OS/c13-9-4-1-5-10(11(9)12(14)17)16-8-3-2-6-15-7-8/h1-7H,(H2,14,17). The highest BCUT2D eigenvalue weighted by Crippen LogP contribution is 2.29. The fraction of sp³-hybridized carbons (Fsp3) is 0. The van der Waals surface area contributed by atoms with Crippen molar-refractivity contribution in [3.05, 3.63) is 53.3 Å². The van der Waals surface area contributed by atoms with Crippen molar-refractivity contribution in [3.63, 3.8) is 0 Å². The Kier molecular flexibility index (Phi) is 3.56. The van der Waals surface area contributed by atoms with Crippen LogP contribution in [0.5, 0.6) is 11.5 Å². The Morgan fingerprint density at radius 3 is 2.76 bits per heavy atom. The summed E-state index contributed by atoms with van der Waals surface area (Å²) in [5.74, 6) is 1.13. The van der Waals surface area contributed by atoms with E-state index in [1.54, 1.807) is 42.7 Å². The molecule has 17 heavy (non-hydrogen) atoms. The number of halogens is 1. The minimum absolute atomic E-state index is 0.203. The van der Waals surface area contributed by atoms with Crippen molar-refractivity contribution in [1.82, 2.24) is 4.98 Å². The van der Waals surface area contributed by atoms with Crippen LogP contribution in [0.2, 0.25) is 5.02 Å². The topological polar surface area (TPSA) is 48.1 Å². The van der Waals surface area contributed by atoms with E-state index < -0.39 is 0 Å². The molecule has 0 saturated heterocycles. The first-order chi connectivity index (χ1) is 8.18. The number of benzene rings is 1. The molecule has 0 aliphatic rings. The summed E-state index contributed by atoms with van der Waals surface area (Å²) >= 11 is 11.0. The maximum absolute atomic E-state index is 6.03. The lowest BCUT2D eigenvalue weighted by Crippen LogP contribution is -2.11. The predicted octanol–water partition coefficient (Wildman–Crippen LogP) is 3.16. The average molecular weight is 265 g/mol. The fourth-order valence-corrected chi connectivity index (χ4v) is 1.90. The van der Waals surface area contributed by atoms with Crippen molar-refractivity contribution in [1.29, 1.82) is 0 Å². The normalized spacial score (nSPS) is 9.94. The van der Waals surface area contributed by atoms with Gasteiger partial charge in [0, 0.05) is 6.20 Å². The molecule has 3 nitrogen and oxygen atoms in total. The molecule has 0 aliphatic carbocycles. The van der Waals surface area contributed by atoms with Crippen molar-refractivity contribution < 1.29 is 4.74 Å². The molecular weight excluding hydrogens is 256 g/mol. The van der Waals surface area contributed by atoms with Crippen LogP contribution in [-0.2, 0) is 0 Å². The zero-order chi connectivity index (χ0) is 12.3. The fourth-order valence-electron chi connectivity index (χ4n) is 1.36. The average Bonchev–Trinajstić information content (AvgIpc) is 2.30. The number of nitrogens with zero attached hydrogens (tertiary/aromatic N) is 1. The Hall–Kier alpha value is -1.65. The van der Waals surface area contributed by atoms with E-state index in [0.717, 1.165) is 0 Å². The van der Waals surface area contributed by atoms with Gasteiger partial charge in [-0.1, -0.05) is 29.9 Å². The molecule has 86 valence electrons. The lowest BCUT2D eigenvalue weighted by molar-refractivity contribution is 0.479. The summed E-state index contributed by atoms with van der Waals surface area (Å²) < 4.78 is 5.64. The number of rotatable bonds is 3. The molecule has 0 spiro atoms. The molecule has 1 aromatic carbocycles. The Morgan fingerprint density at radius 2 is 2.12 bits per heavy atom. The van der Waals surface area contributed by atoms with Crippen molar-refractivity contribution in [2.24, 2.45) is 5.73 Å². The third-order valence-corrected chi connectivity index (χ3v) is 2.60. The maximum Gasteiger partial charge on any atom is 0.145 e. The lowest BCUT2D eigenvalue weighted by Gasteiger charge is -2.11. The number of ether oxygens (including phenoxy) is 1. The summed E-state index contributed by atoms with van der Waals surface area (Å²) in [6, 6.07) is 8.81. The van der Waals surface area contributed by atoms with E-state index in [2.05, 4.69) is 4.98 Å². The highest BCUT2D eigenvalue weighted by atomic mass is 35.5. The summed E-state index contributed by atoms with van der Waals surface area (Å²) in [7, 11) is 0. The second kappa shape index (κ2) is 5.12. The molecule has 2 aromatic rings. The monoisotopic (exact) mass is 264 g/mol. The van der Waals surface area contributed by atoms with Crippen LogP contribution in [0.1, 0.15) is 5.56 Å². The zero-order valence-corrected chi connectivity index (χ0v) is 10.3. The number of hydrogen-bond acceptors (Lipinski definition) is 3. The third kappa shape index (κ3) is 2.72. The molecule has 0 bridgehead atoms. The second-order valence-corrected chi connectivity index (χ2v) is 4.12. The van der Waals surface area contributed by atoms with Gasteiger partial charge in [-0.15, -0.1) is 0 Å². The predicted molar refractivity (Wildman–Crippen MR) is 71.7 cm³/mol. The molecule has 0 saturated carbocycles. The van der Waals surface area contributed by atoms with Crippen LogP contribution in [0.25, 0.3) is 0 Å². The second-order valence-electron chi connectivity index (χ2n) is 3.27. The Morgan fingerprint density at radius 1 is 1.29 bits per heavy atom. The molecular formula is C12H9ClN2OS. The number of pyridine rings is 1. The summed E-state index contributed by atoms with van der Waals surface area (Å²) in [5, 5.41) is 0.471. The van der Waals surface area contributed by atoms with Gasteiger partial charge in [-0.2, -0.15) is 0 Å². The smallest absolute Gasteiger partial charge is 0.145 e. The number of nitrogens with two attached hydrogens (primary N) is 1. The van der Waals surface area contributed by atoms with Crippen LogP contribution < -0.4 is 10.5 Å². The van der Waals surface area contributed by atoms with E-state index in [1.807, 2.05) is 0 Å². The third-order valence-electron chi connectivity index (χ3n) is 2.08. The van der Waals surface area contributed by atoms with Gasteiger partial charge in [0.15, 0.2) is 0 Å². The highest BCUT2D eigenvalue weighted by molar-refractivity contribution is 7.80. The molecule has 1 heterocycles. The van der Waals surface area contributed by atoms with E-state index in [1.165, 1.54) is 0 Å². The Bertz CT molecular complexity index is 545. The van der Waals surface area contributed by atoms with Crippen LogP contribution in [0, 0.1) is 0 Å². The van der Waals surface area contributed by atoms with Gasteiger partial charge < -0.3 is 10.5 Å². The number of aromatic nitrogens is 1. The van der Waals surface area contributed by atoms with Crippen LogP contribution >= 0.6 is 23.8 Å². The summed E-state index contributed by atoms with van der Waals surface area (Å²) in [5.41, 5.74) is 6.16. The van der Waals surface area contributed by atoms with Gasteiger partial charge >= 0.3 is 0 Å². The molecule has 0 fully saturated rings. The van der Waals surface area contributed by atoms with Crippen molar-refractivity contribution in [2.45, 2.75) is 0 Å². The largest absolute Gasteiger partial charge is 0.455 e. The van der Waals surface area contributed by atoms with Gasteiger partial charge in [-0.25, -0.2) is 0 Å². The van der Waals surface area contributed by atoms with Crippen molar-refractivity contribution in [3.8, 4) is 11.5 Å². The maximum atomic E-state index is 6.03. The molecule has 5 heteroatoms. The van der Waals surface area contributed by atoms with E-state index in [9.17, 15) is 0 Å². The van der Waals surface area contributed by atoms with Crippen LogP contribution in [0.4, 0.5) is 0 Å². The summed E-state index contributed by atoms with van der Waals surface area (Å²) in [6.45, 7) is 0. The summed E-state index contributed by atoms with van der Waals surface area (Å²) in [6.07, 6.45) is 3.27. The minimum Gasteiger partial charge on any atom is -0.455 e. The highest BCUT2D eigenvalue weighted by Gasteiger charge is 2.11. The first-order valence-electron chi connectivity index (χ1n) is 4.84. The number of thiocarbonyl (C=S) groups is 1. The van der Waals surface area contributed by atoms with Gasteiger partial charge in [-0.3, -0.25) is 4.98 Å². The lowest BCUT2D eigenvalue weighted by atomic mass is 10.2. The Labute approximate surface area is 109 Å². The minimum atomic E-state index is 0.203. The SMILES string of the molecule is NC(=S)c1c(Cl)cccc1Oc1cccnc1.